The molecule has 0 aliphatic carbocycles. The van der Waals surface area contributed by atoms with Gasteiger partial charge in [0.25, 0.3) is 10.0 Å². The molecule has 0 bridgehead atoms. The molecule has 45 heavy (non-hydrogen) atoms. The maximum Gasteiger partial charge on any atom is 0.264 e. The number of amides is 2. The van der Waals surface area contributed by atoms with Crippen molar-refractivity contribution >= 4 is 27.5 Å². The molecule has 9 heteroatoms. The second kappa shape index (κ2) is 15.9. The fourth-order valence-corrected chi connectivity index (χ4v) is 6.50. The number of carbonyl (C=O) groups excluding carboxylic acids is 2. The molecule has 1 N–H and O–H groups in total. The predicted molar refractivity (Wildman–Crippen MR) is 178 cm³/mol. The minimum Gasteiger partial charge on any atom is -0.497 e. The summed E-state index contributed by atoms with van der Waals surface area (Å²) in [4.78, 5) is 29.9. The van der Waals surface area contributed by atoms with E-state index in [0.29, 0.717) is 18.0 Å². The lowest BCUT2D eigenvalue weighted by atomic mass is 10.0. The lowest BCUT2D eigenvalue weighted by Gasteiger charge is -2.34. The number of benzene rings is 4. The van der Waals surface area contributed by atoms with Gasteiger partial charge in [-0.2, -0.15) is 0 Å². The zero-order chi connectivity index (χ0) is 32.2. The predicted octanol–water partition coefficient (Wildman–Crippen LogP) is 5.76. The monoisotopic (exact) mass is 627 g/mol. The summed E-state index contributed by atoms with van der Waals surface area (Å²) in [5.41, 5.74) is 3.04. The molecular weight excluding hydrogens is 586 g/mol. The Hall–Kier alpha value is -4.63. The standard InChI is InChI=1S/C36H41N3O5S/c1-4-5-23-37-36(41)34(25-29-14-8-6-9-15-29)38(26-30-16-12-13-28(2)24-30)35(40)27-39(31-19-21-32(44-3)22-20-31)45(42,43)33-17-10-7-11-18-33/h6-22,24,34H,4-5,23,25-27H2,1-3H3,(H,37,41)/t34-/m1/s1. The molecular formula is C36H41N3O5S. The number of nitrogens with zero attached hydrogens (tertiary/aromatic N) is 2. The first-order valence-corrected chi connectivity index (χ1v) is 16.6. The maximum atomic E-state index is 14.5. The third-order valence-electron chi connectivity index (χ3n) is 7.51. The minimum atomic E-state index is -4.16. The number of methoxy groups -OCH3 is 1. The van der Waals surface area contributed by atoms with E-state index < -0.39 is 28.5 Å². The van der Waals surface area contributed by atoms with E-state index in [4.69, 9.17) is 4.74 Å². The molecule has 4 rings (SSSR count). The van der Waals surface area contributed by atoms with Crippen LogP contribution in [0.25, 0.3) is 0 Å². The molecule has 4 aromatic carbocycles. The number of unbranched alkanes of at least 4 members (excludes halogenated alkanes) is 1. The zero-order valence-corrected chi connectivity index (χ0v) is 26.9. The number of ether oxygens (including phenoxy) is 1. The first kappa shape index (κ1) is 33.3. The van der Waals surface area contributed by atoms with Crippen molar-refractivity contribution in [1.82, 2.24) is 10.2 Å². The molecule has 8 nitrogen and oxygen atoms in total. The third-order valence-corrected chi connectivity index (χ3v) is 9.29. The maximum absolute atomic E-state index is 14.5. The van der Waals surface area contributed by atoms with Crippen molar-refractivity contribution in [1.29, 1.82) is 0 Å². The van der Waals surface area contributed by atoms with Crippen LogP contribution in [0.5, 0.6) is 5.75 Å². The molecule has 0 aromatic heterocycles. The Balaban J connectivity index is 1.78. The minimum absolute atomic E-state index is 0.0528. The SMILES string of the molecule is CCCCNC(=O)[C@@H](Cc1ccccc1)N(Cc1cccc(C)c1)C(=O)CN(c1ccc(OC)cc1)S(=O)(=O)c1ccccc1. The molecule has 236 valence electrons. The van der Waals surface area contributed by atoms with Crippen molar-refractivity contribution in [3.63, 3.8) is 0 Å². The Labute approximate surface area is 266 Å². The van der Waals surface area contributed by atoms with Gasteiger partial charge in [-0.25, -0.2) is 8.42 Å². The summed E-state index contributed by atoms with van der Waals surface area (Å²) < 4.78 is 34.5. The van der Waals surface area contributed by atoms with Crippen LogP contribution in [0.3, 0.4) is 0 Å². The van der Waals surface area contributed by atoms with Gasteiger partial charge in [0.05, 0.1) is 17.7 Å². The number of hydrogen-bond acceptors (Lipinski definition) is 5. The second-order valence-corrected chi connectivity index (χ2v) is 12.7. The smallest absolute Gasteiger partial charge is 0.264 e. The van der Waals surface area contributed by atoms with Crippen LogP contribution >= 0.6 is 0 Å². The van der Waals surface area contributed by atoms with Crippen molar-refractivity contribution in [2.24, 2.45) is 0 Å². The highest BCUT2D eigenvalue weighted by Crippen LogP contribution is 2.27. The molecule has 4 aromatic rings. The Morgan fingerprint density at radius 3 is 2.11 bits per heavy atom. The van der Waals surface area contributed by atoms with Gasteiger partial charge in [-0.05, 0) is 60.9 Å². The molecule has 2 amide bonds. The van der Waals surface area contributed by atoms with E-state index in [1.54, 1.807) is 42.5 Å². The number of nitrogens with one attached hydrogen (secondary N) is 1. The summed E-state index contributed by atoms with van der Waals surface area (Å²) in [6.07, 6.45) is 1.98. The van der Waals surface area contributed by atoms with Crippen LogP contribution in [-0.4, -0.2) is 51.4 Å². The van der Waals surface area contributed by atoms with Crippen LogP contribution in [0.2, 0.25) is 0 Å². The topological polar surface area (TPSA) is 96.0 Å². The summed E-state index contributed by atoms with van der Waals surface area (Å²) in [5, 5.41) is 3.01. The summed E-state index contributed by atoms with van der Waals surface area (Å²) in [6.45, 7) is 4.10. The van der Waals surface area contributed by atoms with Crippen LogP contribution in [0.1, 0.15) is 36.5 Å². The van der Waals surface area contributed by atoms with E-state index in [1.807, 2.05) is 68.4 Å². The van der Waals surface area contributed by atoms with Crippen molar-refractivity contribution in [3.8, 4) is 5.75 Å². The van der Waals surface area contributed by atoms with Gasteiger partial charge in [0, 0.05) is 19.5 Å². The molecule has 0 aliphatic heterocycles. The van der Waals surface area contributed by atoms with Gasteiger partial charge < -0.3 is 15.0 Å². The van der Waals surface area contributed by atoms with Gasteiger partial charge in [-0.15, -0.1) is 0 Å². The Bertz CT molecular complexity index is 1650. The van der Waals surface area contributed by atoms with Crippen LogP contribution in [0.4, 0.5) is 5.69 Å². The van der Waals surface area contributed by atoms with Crippen molar-refractivity contribution in [2.45, 2.75) is 50.6 Å². The molecule has 0 aliphatic rings. The molecule has 1 atom stereocenters. The summed E-state index contributed by atoms with van der Waals surface area (Å²) in [6, 6.07) is 30.9. The average Bonchev–Trinajstić information content (AvgIpc) is 3.06. The fourth-order valence-electron chi connectivity index (χ4n) is 5.06. The molecule has 0 unspecified atom stereocenters. The van der Waals surface area contributed by atoms with E-state index in [-0.39, 0.29) is 23.8 Å². The van der Waals surface area contributed by atoms with Crippen LogP contribution in [0, 0.1) is 6.92 Å². The van der Waals surface area contributed by atoms with E-state index in [2.05, 4.69) is 5.32 Å². The van der Waals surface area contributed by atoms with E-state index in [1.165, 1.54) is 24.1 Å². The molecule has 0 heterocycles. The normalized spacial score (nSPS) is 11.8. The zero-order valence-electron chi connectivity index (χ0n) is 26.1. The van der Waals surface area contributed by atoms with Gasteiger partial charge in [0.15, 0.2) is 0 Å². The Morgan fingerprint density at radius 1 is 0.844 bits per heavy atom. The van der Waals surface area contributed by atoms with Gasteiger partial charge in [-0.3, -0.25) is 13.9 Å². The first-order valence-electron chi connectivity index (χ1n) is 15.1. The van der Waals surface area contributed by atoms with Crippen molar-refractivity contribution in [2.75, 3.05) is 24.5 Å². The Morgan fingerprint density at radius 2 is 1.49 bits per heavy atom. The second-order valence-electron chi connectivity index (χ2n) is 10.9. The highest BCUT2D eigenvalue weighted by Gasteiger charge is 2.34. The van der Waals surface area contributed by atoms with Crippen LogP contribution < -0.4 is 14.4 Å². The fraction of sp³-hybridized carbons (Fsp3) is 0.278. The number of anilines is 1. The van der Waals surface area contributed by atoms with Crippen LogP contribution in [0.15, 0.2) is 114 Å². The number of carbonyl (C=O) groups is 2. The van der Waals surface area contributed by atoms with Crippen LogP contribution in [-0.2, 0) is 32.6 Å². The van der Waals surface area contributed by atoms with Gasteiger partial charge in [0.1, 0.15) is 18.3 Å². The number of sulfonamides is 1. The molecule has 0 saturated heterocycles. The molecule has 0 radical (unpaired) electrons. The number of aryl methyl sites for hydroxylation is 1. The highest BCUT2D eigenvalue weighted by molar-refractivity contribution is 7.92. The molecule has 0 saturated carbocycles. The summed E-state index contributed by atoms with van der Waals surface area (Å²) >= 11 is 0. The quantitative estimate of drug-likeness (QED) is 0.169. The number of hydrogen-bond donors (Lipinski definition) is 1. The third kappa shape index (κ3) is 8.95. The van der Waals surface area contributed by atoms with Gasteiger partial charge in [-0.1, -0.05) is 91.7 Å². The number of rotatable bonds is 15. The van der Waals surface area contributed by atoms with E-state index in [9.17, 15) is 18.0 Å². The van der Waals surface area contributed by atoms with Gasteiger partial charge >= 0.3 is 0 Å². The van der Waals surface area contributed by atoms with Crippen molar-refractivity contribution in [3.05, 3.63) is 126 Å². The highest BCUT2D eigenvalue weighted by atomic mass is 32.2. The van der Waals surface area contributed by atoms with Crippen molar-refractivity contribution < 1.29 is 22.7 Å². The van der Waals surface area contributed by atoms with Gasteiger partial charge in [0.2, 0.25) is 11.8 Å². The Kier molecular flexibility index (Phi) is 11.8. The van der Waals surface area contributed by atoms with E-state index in [0.717, 1.165) is 33.8 Å². The largest absolute Gasteiger partial charge is 0.497 e. The molecule has 0 spiro atoms. The molecule has 0 fully saturated rings. The first-order chi connectivity index (χ1) is 21.7. The van der Waals surface area contributed by atoms with E-state index >= 15 is 0 Å². The summed E-state index contributed by atoms with van der Waals surface area (Å²) in [7, 11) is -2.63. The summed E-state index contributed by atoms with van der Waals surface area (Å²) in [5.74, 6) is -0.233. The lowest BCUT2D eigenvalue weighted by Crippen LogP contribution is -2.53. The lowest BCUT2D eigenvalue weighted by molar-refractivity contribution is -0.140. The average molecular weight is 628 g/mol.